The van der Waals surface area contributed by atoms with E-state index in [9.17, 15) is 18.3 Å². The number of hydrogen-bond acceptors (Lipinski definition) is 5. The lowest BCUT2D eigenvalue weighted by molar-refractivity contribution is -0.136. The molecule has 1 aliphatic rings. The van der Waals surface area contributed by atoms with Crippen molar-refractivity contribution >= 4 is 27.3 Å². The van der Waals surface area contributed by atoms with Crippen LogP contribution in [0, 0.1) is 5.92 Å². The van der Waals surface area contributed by atoms with Gasteiger partial charge in [0.2, 0.25) is 15.9 Å². The van der Waals surface area contributed by atoms with Crippen LogP contribution in [0.4, 0.5) is 5.69 Å². The maximum atomic E-state index is 12.8. The number of phenols is 1. The first-order chi connectivity index (χ1) is 13.2. The van der Waals surface area contributed by atoms with E-state index in [0.717, 1.165) is 6.26 Å². The van der Waals surface area contributed by atoms with E-state index in [-0.39, 0.29) is 17.6 Å². The van der Waals surface area contributed by atoms with Gasteiger partial charge in [0.1, 0.15) is 5.75 Å². The molecule has 0 radical (unpaired) electrons. The molecule has 2 aromatic rings. The number of hydrazone groups is 1. The second-order valence-corrected chi connectivity index (χ2v) is 8.83. The van der Waals surface area contributed by atoms with Gasteiger partial charge in [-0.3, -0.25) is 9.52 Å². The quantitative estimate of drug-likeness (QED) is 0.804. The number of phenolic OH excluding ortho intramolecular Hbond substituents is 1. The molecular weight excluding hydrogens is 378 g/mol. The Balaban J connectivity index is 2.05. The van der Waals surface area contributed by atoms with E-state index >= 15 is 0 Å². The van der Waals surface area contributed by atoms with E-state index in [1.54, 1.807) is 62.4 Å². The molecule has 0 saturated carbocycles. The van der Waals surface area contributed by atoms with Crippen molar-refractivity contribution in [2.45, 2.75) is 26.3 Å². The maximum Gasteiger partial charge on any atom is 0.245 e. The van der Waals surface area contributed by atoms with Gasteiger partial charge in [0.05, 0.1) is 23.7 Å². The van der Waals surface area contributed by atoms with Crippen molar-refractivity contribution in [3.05, 3.63) is 59.7 Å². The number of para-hydroxylation sites is 2. The first-order valence-corrected chi connectivity index (χ1v) is 10.8. The van der Waals surface area contributed by atoms with Crippen molar-refractivity contribution < 1.29 is 18.3 Å². The fraction of sp³-hybridized carbons (Fsp3) is 0.300. The second kappa shape index (κ2) is 7.63. The van der Waals surface area contributed by atoms with Gasteiger partial charge in [-0.15, -0.1) is 0 Å². The lowest BCUT2D eigenvalue weighted by Crippen LogP contribution is -2.30. The van der Waals surface area contributed by atoms with Crippen LogP contribution >= 0.6 is 0 Å². The van der Waals surface area contributed by atoms with E-state index in [1.807, 2.05) is 0 Å². The van der Waals surface area contributed by atoms with Crippen LogP contribution in [-0.4, -0.2) is 36.4 Å². The molecule has 2 aromatic carbocycles. The zero-order chi connectivity index (χ0) is 20.5. The van der Waals surface area contributed by atoms with E-state index in [2.05, 4.69) is 9.82 Å². The number of carbonyl (C=O) groups is 1. The van der Waals surface area contributed by atoms with Crippen LogP contribution in [0.2, 0.25) is 0 Å². The zero-order valence-corrected chi connectivity index (χ0v) is 16.8. The van der Waals surface area contributed by atoms with Crippen LogP contribution in [0.5, 0.6) is 5.75 Å². The molecular formula is C20H23N3O4S. The van der Waals surface area contributed by atoms with Gasteiger partial charge in [0.15, 0.2) is 0 Å². The third kappa shape index (κ3) is 4.17. The fourth-order valence-electron chi connectivity index (χ4n) is 3.18. The molecule has 1 atom stereocenters. The Morgan fingerprint density at radius 3 is 2.46 bits per heavy atom. The summed E-state index contributed by atoms with van der Waals surface area (Å²) in [5, 5.41) is 16.2. The summed E-state index contributed by atoms with van der Waals surface area (Å²) in [7, 11) is -3.47. The van der Waals surface area contributed by atoms with Gasteiger partial charge in [-0.05, 0) is 12.1 Å². The average Bonchev–Trinajstić information content (AvgIpc) is 3.05. The number of sulfonamides is 1. The number of aromatic hydroxyl groups is 1. The SMILES string of the molecule is CC(C)C(=O)N1N=C(c2ccccc2NS(C)(=O)=O)C[C@H]1c1ccccc1O. The molecule has 1 heterocycles. The number of rotatable bonds is 5. The third-order valence-electron chi connectivity index (χ3n) is 4.46. The highest BCUT2D eigenvalue weighted by molar-refractivity contribution is 7.92. The molecule has 0 fully saturated rings. The van der Waals surface area contributed by atoms with Crippen LogP contribution in [0.1, 0.15) is 37.4 Å². The van der Waals surface area contributed by atoms with Crippen molar-refractivity contribution in [2.75, 3.05) is 11.0 Å². The van der Waals surface area contributed by atoms with Crippen molar-refractivity contribution in [2.24, 2.45) is 11.0 Å². The summed E-state index contributed by atoms with van der Waals surface area (Å²) in [6, 6.07) is 13.3. The summed E-state index contributed by atoms with van der Waals surface area (Å²) in [4.78, 5) is 12.8. The van der Waals surface area contributed by atoms with Crippen LogP contribution < -0.4 is 4.72 Å². The number of nitrogens with zero attached hydrogens (tertiary/aromatic N) is 2. The molecule has 1 aliphatic heterocycles. The predicted octanol–water partition coefficient (Wildman–Crippen LogP) is 3.10. The van der Waals surface area contributed by atoms with Gasteiger partial charge in [-0.1, -0.05) is 50.2 Å². The van der Waals surface area contributed by atoms with Crippen molar-refractivity contribution in [1.82, 2.24) is 5.01 Å². The standard InChI is InChI=1S/C20H23N3O4S/c1-13(2)20(25)23-18(15-9-5-7-11-19(15)24)12-17(21-23)14-8-4-6-10-16(14)22-28(3,26)27/h4-11,13,18,22,24H,12H2,1-3H3/t18-/m0/s1. The highest BCUT2D eigenvalue weighted by atomic mass is 32.2. The Labute approximate surface area is 164 Å². The van der Waals surface area contributed by atoms with Gasteiger partial charge in [0.25, 0.3) is 0 Å². The monoisotopic (exact) mass is 401 g/mol. The number of amides is 1. The Morgan fingerprint density at radius 2 is 1.82 bits per heavy atom. The summed E-state index contributed by atoms with van der Waals surface area (Å²) in [6.45, 7) is 3.58. The fourth-order valence-corrected chi connectivity index (χ4v) is 3.75. The molecule has 0 aromatic heterocycles. The Morgan fingerprint density at radius 1 is 1.18 bits per heavy atom. The maximum absolute atomic E-state index is 12.8. The summed E-state index contributed by atoms with van der Waals surface area (Å²) < 4.78 is 25.9. The summed E-state index contributed by atoms with van der Waals surface area (Å²) >= 11 is 0. The number of nitrogens with one attached hydrogen (secondary N) is 1. The molecule has 2 N–H and O–H groups in total. The van der Waals surface area contributed by atoms with Gasteiger partial charge < -0.3 is 5.11 Å². The minimum atomic E-state index is -3.47. The minimum Gasteiger partial charge on any atom is -0.508 e. The van der Waals surface area contributed by atoms with Crippen LogP contribution in [0.3, 0.4) is 0 Å². The second-order valence-electron chi connectivity index (χ2n) is 7.08. The normalized spacial score (nSPS) is 16.9. The first-order valence-electron chi connectivity index (χ1n) is 8.93. The molecule has 8 heteroatoms. The van der Waals surface area contributed by atoms with Crippen molar-refractivity contribution in [3.63, 3.8) is 0 Å². The smallest absolute Gasteiger partial charge is 0.245 e. The molecule has 1 amide bonds. The van der Waals surface area contributed by atoms with Crippen LogP contribution in [0.15, 0.2) is 53.6 Å². The highest BCUT2D eigenvalue weighted by Crippen LogP contribution is 2.38. The van der Waals surface area contributed by atoms with E-state index in [0.29, 0.717) is 28.9 Å². The Bertz CT molecular complexity index is 1030. The van der Waals surface area contributed by atoms with Crippen LogP contribution in [0.25, 0.3) is 0 Å². The Hall–Kier alpha value is -2.87. The number of hydrogen-bond donors (Lipinski definition) is 2. The average molecular weight is 401 g/mol. The summed E-state index contributed by atoms with van der Waals surface area (Å²) in [6.07, 6.45) is 1.44. The van der Waals surface area contributed by atoms with Gasteiger partial charge >= 0.3 is 0 Å². The molecule has 0 aliphatic carbocycles. The zero-order valence-electron chi connectivity index (χ0n) is 16.0. The van der Waals surface area contributed by atoms with Gasteiger partial charge in [0, 0.05) is 23.5 Å². The molecule has 7 nitrogen and oxygen atoms in total. The lowest BCUT2D eigenvalue weighted by Gasteiger charge is -2.24. The highest BCUT2D eigenvalue weighted by Gasteiger charge is 2.36. The van der Waals surface area contributed by atoms with Crippen LogP contribution in [-0.2, 0) is 14.8 Å². The van der Waals surface area contributed by atoms with Crippen molar-refractivity contribution in [1.29, 1.82) is 0 Å². The third-order valence-corrected chi connectivity index (χ3v) is 5.05. The van der Waals surface area contributed by atoms with Gasteiger partial charge in [-0.25, -0.2) is 13.4 Å². The largest absolute Gasteiger partial charge is 0.508 e. The molecule has 0 bridgehead atoms. The van der Waals surface area contributed by atoms with E-state index < -0.39 is 16.1 Å². The molecule has 148 valence electrons. The minimum absolute atomic E-state index is 0.0908. The molecule has 0 unspecified atom stereocenters. The topological polar surface area (TPSA) is 99.1 Å². The number of anilines is 1. The predicted molar refractivity (Wildman–Crippen MR) is 109 cm³/mol. The van der Waals surface area contributed by atoms with E-state index in [1.165, 1.54) is 5.01 Å². The molecule has 3 rings (SSSR count). The molecule has 28 heavy (non-hydrogen) atoms. The van der Waals surface area contributed by atoms with E-state index in [4.69, 9.17) is 0 Å². The molecule has 0 saturated heterocycles. The first kappa shape index (κ1) is 19.9. The number of carbonyl (C=O) groups excluding carboxylic acids is 1. The van der Waals surface area contributed by atoms with Crippen molar-refractivity contribution in [3.8, 4) is 5.75 Å². The Kier molecular flexibility index (Phi) is 5.42. The van der Waals surface area contributed by atoms with Gasteiger partial charge in [-0.2, -0.15) is 5.10 Å². The molecule has 0 spiro atoms. The number of benzene rings is 2. The lowest BCUT2D eigenvalue weighted by atomic mass is 9.96. The summed E-state index contributed by atoms with van der Waals surface area (Å²) in [5.74, 6) is -0.356. The summed E-state index contributed by atoms with van der Waals surface area (Å²) in [5.41, 5.74) is 2.18.